The third-order valence-corrected chi connectivity index (χ3v) is 6.41. The van der Waals surface area contributed by atoms with Crippen molar-refractivity contribution in [3.05, 3.63) is 58.3 Å². The van der Waals surface area contributed by atoms with Crippen molar-refractivity contribution in [1.82, 2.24) is 29.9 Å². The summed E-state index contributed by atoms with van der Waals surface area (Å²) in [7, 11) is -3.49. The fraction of sp³-hybridized carbons (Fsp3) is 0.375. The molecule has 0 fully saturated rings. The molecule has 0 aliphatic rings. The molecule has 184 valence electrons. The van der Waals surface area contributed by atoms with Crippen LogP contribution in [0.2, 0.25) is 0 Å². The van der Waals surface area contributed by atoms with Crippen LogP contribution in [0.3, 0.4) is 0 Å². The number of sulfone groups is 1. The number of nitrogens with one attached hydrogen (secondary N) is 1. The van der Waals surface area contributed by atoms with E-state index < -0.39 is 9.84 Å². The van der Waals surface area contributed by atoms with Gasteiger partial charge in [0.15, 0.2) is 15.4 Å². The van der Waals surface area contributed by atoms with E-state index in [0.717, 1.165) is 12.7 Å². The first-order chi connectivity index (χ1) is 16.7. The summed E-state index contributed by atoms with van der Waals surface area (Å²) < 4.78 is 32.0. The molecule has 4 rings (SSSR count). The number of nitrogens with zero attached hydrogens (tertiary/aromatic N) is 5. The van der Waals surface area contributed by atoms with Crippen LogP contribution in [-0.2, 0) is 22.8 Å². The van der Waals surface area contributed by atoms with Crippen LogP contribution < -0.4 is 10.3 Å². The molecule has 0 atom stereocenters. The fourth-order valence-corrected chi connectivity index (χ4v) is 4.32. The molecule has 0 spiro atoms. The van der Waals surface area contributed by atoms with E-state index in [9.17, 15) is 13.2 Å². The van der Waals surface area contributed by atoms with Crippen LogP contribution in [-0.4, -0.2) is 51.2 Å². The normalized spacial score (nSPS) is 11.9. The zero-order valence-corrected chi connectivity index (χ0v) is 21.0. The van der Waals surface area contributed by atoms with Gasteiger partial charge in [-0.05, 0) is 42.7 Å². The molecule has 0 aliphatic carbocycles. The lowest BCUT2D eigenvalue weighted by atomic mass is 10.1. The minimum Gasteiger partial charge on any atom is -0.493 e. The number of aryl methyl sites for hydroxylation is 1. The van der Waals surface area contributed by atoms with E-state index in [2.05, 4.69) is 20.3 Å². The molecule has 0 radical (unpaired) electrons. The topological polar surface area (TPSA) is 133 Å². The van der Waals surface area contributed by atoms with Gasteiger partial charge >= 0.3 is 0 Å². The molecule has 10 nitrogen and oxygen atoms in total. The van der Waals surface area contributed by atoms with Crippen LogP contribution in [0.5, 0.6) is 5.75 Å². The lowest BCUT2D eigenvalue weighted by Crippen LogP contribution is -2.15. The molecule has 0 amide bonds. The number of H-pyrrole nitrogens is 1. The van der Waals surface area contributed by atoms with Gasteiger partial charge in [-0.15, -0.1) is 0 Å². The number of fused-ring (bicyclic) bond motifs is 1. The minimum absolute atomic E-state index is 0.110. The number of ether oxygens (including phenoxy) is 1. The van der Waals surface area contributed by atoms with Crippen molar-refractivity contribution in [2.45, 2.75) is 45.1 Å². The van der Waals surface area contributed by atoms with Crippen LogP contribution in [0.25, 0.3) is 22.4 Å². The Morgan fingerprint density at radius 3 is 2.66 bits per heavy atom. The lowest BCUT2D eigenvalue weighted by Gasteiger charge is -2.14. The van der Waals surface area contributed by atoms with Gasteiger partial charge in [-0.25, -0.2) is 13.4 Å². The maximum atomic E-state index is 13.3. The quantitative estimate of drug-likeness (QED) is 0.374. The molecular formula is C24H28N6O4S. The number of aromatic nitrogens is 6. The van der Waals surface area contributed by atoms with E-state index >= 15 is 0 Å². The summed E-state index contributed by atoms with van der Waals surface area (Å²) in [4.78, 5) is 21.0. The Morgan fingerprint density at radius 2 is 2.00 bits per heavy atom. The van der Waals surface area contributed by atoms with Crippen molar-refractivity contribution in [3.63, 3.8) is 0 Å². The Bertz CT molecular complexity index is 1510. The Balaban J connectivity index is 1.90. The summed E-state index contributed by atoms with van der Waals surface area (Å²) in [5.74, 6) is 0.920. The molecule has 3 heterocycles. The average molecular weight is 497 g/mol. The molecule has 0 unspecified atom stereocenters. The van der Waals surface area contributed by atoms with Gasteiger partial charge in [0.1, 0.15) is 17.1 Å². The largest absolute Gasteiger partial charge is 0.493 e. The smallest absolute Gasteiger partial charge is 0.277 e. The first-order valence-electron chi connectivity index (χ1n) is 11.4. The summed E-state index contributed by atoms with van der Waals surface area (Å²) in [6, 6.07) is 8.16. The van der Waals surface area contributed by atoms with Gasteiger partial charge in [-0.3, -0.25) is 9.48 Å². The van der Waals surface area contributed by atoms with E-state index in [1.165, 1.54) is 12.1 Å². The zero-order valence-electron chi connectivity index (χ0n) is 20.1. The maximum absolute atomic E-state index is 13.3. The minimum atomic E-state index is -3.49. The van der Waals surface area contributed by atoms with Crippen LogP contribution in [0, 0.1) is 5.92 Å². The van der Waals surface area contributed by atoms with Crippen LogP contribution in [0.15, 0.2) is 46.2 Å². The number of benzene rings is 1. The first-order valence-corrected chi connectivity index (χ1v) is 13.3. The van der Waals surface area contributed by atoms with Crippen LogP contribution in [0.4, 0.5) is 0 Å². The summed E-state index contributed by atoms with van der Waals surface area (Å²) in [5.41, 5.74) is 2.15. The Hall–Kier alpha value is -3.60. The van der Waals surface area contributed by atoms with Crippen molar-refractivity contribution in [2.75, 3.05) is 12.9 Å². The molecule has 11 heteroatoms. The molecular weight excluding hydrogens is 468 g/mol. The number of hydrogen-bond donors (Lipinski definition) is 1. The molecule has 35 heavy (non-hydrogen) atoms. The van der Waals surface area contributed by atoms with Gasteiger partial charge in [0.05, 0.1) is 35.0 Å². The highest BCUT2D eigenvalue weighted by Crippen LogP contribution is 2.31. The highest BCUT2D eigenvalue weighted by Gasteiger charge is 2.21. The van der Waals surface area contributed by atoms with Crippen molar-refractivity contribution < 1.29 is 13.2 Å². The van der Waals surface area contributed by atoms with E-state index in [1.807, 2.05) is 26.8 Å². The zero-order chi connectivity index (χ0) is 25.2. The second-order valence-corrected chi connectivity index (χ2v) is 10.8. The Morgan fingerprint density at radius 1 is 1.20 bits per heavy atom. The number of hydrogen-bond acceptors (Lipinski definition) is 8. The molecule has 0 aliphatic heterocycles. The molecule has 0 saturated heterocycles. The molecule has 4 aromatic rings. The summed E-state index contributed by atoms with van der Waals surface area (Å²) in [5, 5.41) is 12.6. The number of aromatic amines is 1. The van der Waals surface area contributed by atoms with Gasteiger partial charge in [-0.1, -0.05) is 27.2 Å². The SMILES string of the molecule is CCCc1nn(Cc2cccnn2)c2c(=O)[nH]c(-c3cc(S(C)(=O)=O)ccc3OCC(C)C)nc12. The molecule has 0 bridgehead atoms. The standard InChI is InChI=1S/C24H28N6O4S/c1-5-7-19-21-22(30(29-19)13-16-8-6-11-25-28-16)24(31)27-23(26-21)18-12-17(35(4,32)33)9-10-20(18)34-14-15(2)3/h6,8-12,15H,5,7,13-14H2,1-4H3,(H,26,27,31). The number of rotatable bonds is 9. The van der Waals surface area contributed by atoms with Crippen molar-refractivity contribution in [3.8, 4) is 17.1 Å². The molecule has 1 aromatic carbocycles. The van der Waals surface area contributed by atoms with Crippen molar-refractivity contribution >= 4 is 20.9 Å². The van der Waals surface area contributed by atoms with Gasteiger partial charge < -0.3 is 9.72 Å². The fourth-order valence-electron chi connectivity index (χ4n) is 3.68. The molecule has 3 aromatic heterocycles. The predicted octanol–water partition coefficient (Wildman–Crippen LogP) is 3.02. The summed E-state index contributed by atoms with van der Waals surface area (Å²) in [6.45, 7) is 6.74. The Kier molecular flexibility index (Phi) is 6.97. The Labute approximate surface area is 203 Å². The van der Waals surface area contributed by atoms with Gasteiger partial charge in [0.25, 0.3) is 5.56 Å². The highest BCUT2D eigenvalue weighted by atomic mass is 32.2. The summed E-state index contributed by atoms with van der Waals surface area (Å²) >= 11 is 0. The van der Waals surface area contributed by atoms with E-state index in [1.54, 1.807) is 23.0 Å². The second-order valence-electron chi connectivity index (χ2n) is 8.82. The van der Waals surface area contributed by atoms with Crippen molar-refractivity contribution in [2.24, 2.45) is 5.92 Å². The lowest BCUT2D eigenvalue weighted by molar-refractivity contribution is 0.272. The van der Waals surface area contributed by atoms with E-state index in [4.69, 9.17) is 9.72 Å². The average Bonchev–Trinajstić information content (AvgIpc) is 3.15. The molecule has 1 N–H and O–H groups in total. The summed E-state index contributed by atoms with van der Waals surface area (Å²) in [6.07, 6.45) is 4.15. The third-order valence-electron chi connectivity index (χ3n) is 5.30. The molecule has 0 saturated carbocycles. The van der Waals surface area contributed by atoms with Gasteiger partial charge in [0, 0.05) is 12.5 Å². The maximum Gasteiger partial charge on any atom is 0.277 e. The monoisotopic (exact) mass is 496 g/mol. The van der Waals surface area contributed by atoms with Gasteiger partial charge in [-0.2, -0.15) is 15.3 Å². The highest BCUT2D eigenvalue weighted by molar-refractivity contribution is 7.90. The second kappa shape index (κ2) is 9.95. The van der Waals surface area contributed by atoms with Crippen molar-refractivity contribution in [1.29, 1.82) is 0 Å². The van der Waals surface area contributed by atoms with E-state index in [-0.39, 0.29) is 28.7 Å². The predicted molar refractivity (Wildman–Crippen MR) is 132 cm³/mol. The third kappa shape index (κ3) is 5.40. The first kappa shape index (κ1) is 24.5. The van der Waals surface area contributed by atoms with Crippen LogP contribution >= 0.6 is 0 Å². The van der Waals surface area contributed by atoms with Crippen LogP contribution in [0.1, 0.15) is 38.6 Å². The van der Waals surface area contributed by atoms with E-state index in [0.29, 0.717) is 46.8 Å². The van der Waals surface area contributed by atoms with Gasteiger partial charge in [0.2, 0.25) is 0 Å².